The zero-order chi connectivity index (χ0) is 32.3. The number of hydrogen-bond donors (Lipinski definition) is 3. The summed E-state index contributed by atoms with van der Waals surface area (Å²) in [5.41, 5.74) is 2.03. The molecule has 0 atom stereocenters. The molecule has 3 aromatic carbocycles. The van der Waals surface area contributed by atoms with E-state index in [1.165, 1.54) is 0 Å². The molecule has 3 aromatic rings. The Labute approximate surface area is 259 Å². The average molecular weight is 606 g/mol. The van der Waals surface area contributed by atoms with Crippen LogP contribution in [-0.4, -0.2) is 74.8 Å². The molecule has 11 heteroatoms. The number of methoxy groups -OCH3 is 2. The van der Waals surface area contributed by atoms with Crippen LogP contribution in [0.2, 0.25) is 0 Å². The van der Waals surface area contributed by atoms with E-state index >= 15 is 0 Å². The van der Waals surface area contributed by atoms with E-state index in [0.29, 0.717) is 47.2 Å². The van der Waals surface area contributed by atoms with Gasteiger partial charge >= 0.3 is 12.1 Å². The predicted octanol–water partition coefficient (Wildman–Crippen LogP) is 6.29. The summed E-state index contributed by atoms with van der Waals surface area (Å²) in [6.07, 6.45) is 0.160. The number of ether oxygens (including phenoxy) is 3. The van der Waals surface area contributed by atoms with E-state index in [0.717, 1.165) is 18.5 Å². The highest BCUT2D eigenvalue weighted by atomic mass is 16.6. The third-order valence-corrected chi connectivity index (χ3v) is 6.32. The molecule has 0 unspecified atom stereocenters. The minimum Gasteiger partial charge on any atom is -0.497 e. The van der Waals surface area contributed by atoms with Crippen molar-refractivity contribution in [3.8, 4) is 11.5 Å². The van der Waals surface area contributed by atoms with Crippen molar-refractivity contribution in [3.63, 3.8) is 0 Å². The Bertz CT molecular complexity index is 1400. The summed E-state index contributed by atoms with van der Waals surface area (Å²) in [7, 11) is 7.08. The number of hydrogen-bond acceptors (Lipinski definition) is 7. The van der Waals surface area contributed by atoms with Crippen LogP contribution < -0.4 is 25.4 Å². The van der Waals surface area contributed by atoms with Crippen LogP contribution in [0.5, 0.6) is 11.5 Å². The summed E-state index contributed by atoms with van der Waals surface area (Å²) in [5, 5.41) is 8.48. The number of amides is 4. The van der Waals surface area contributed by atoms with Crippen molar-refractivity contribution in [3.05, 3.63) is 77.9 Å². The van der Waals surface area contributed by atoms with E-state index in [1.54, 1.807) is 94.5 Å². The number of nitrogens with one attached hydrogen (secondary N) is 3. The second kappa shape index (κ2) is 15.6. The van der Waals surface area contributed by atoms with Gasteiger partial charge in [-0.25, -0.2) is 9.59 Å². The van der Waals surface area contributed by atoms with Gasteiger partial charge in [0, 0.05) is 42.5 Å². The average Bonchev–Trinajstić information content (AvgIpc) is 2.96. The van der Waals surface area contributed by atoms with Gasteiger partial charge in [0.25, 0.3) is 5.91 Å². The fraction of sp³-hybridized carbons (Fsp3) is 0.364. The first kappa shape index (κ1) is 33.7. The van der Waals surface area contributed by atoms with Gasteiger partial charge in [-0.05, 0) is 77.7 Å². The Morgan fingerprint density at radius 2 is 1.36 bits per heavy atom. The SMILES string of the molecule is COc1cc(NC(=O)N(CCCN(C)C)Cc2ccc(C(=O)Nc3ccccc3NC(=O)OC(C)(C)C)cc2)cc(OC)c1. The lowest BCUT2D eigenvalue weighted by molar-refractivity contribution is 0.0635. The van der Waals surface area contributed by atoms with E-state index < -0.39 is 11.7 Å². The zero-order valence-electron chi connectivity index (χ0n) is 26.5. The first-order valence-electron chi connectivity index (χ1n) is 14.3. The first-order chi connectivity index (χ1) is 20.9. The summed E-state index contributed by atoms with van der Waals surface area (Å²) in [4.78, 5) is 42.5. The van der Waals surface area contributed by atoms with E-state index in [-0.39, 0.29) is 11.9 Å². The fourth-order valence-corrected chi connectivity index (χ4v) is 4.20. The van der Waals surface area contributed by atoms with Crippen molar-refractivity contribution in [2.45, 2.75) is 39.3 Å². The molecule has 0 aliphatic rings. The molecule has 4 amide bonds. The maximum absolute atomic E-state index is 13.4. The van der Waals surface area contributed by atoms with Crippen LogP contribution in [0.15, 0.2) is 66.7 Å². The van der Waals surface area contributed by atoms with Crippen LogP contribution in [0, 0.1) is 0 Å². The van der Waals surface area contributed by atoms with Gasteiger partial charge in [0.05, 0.1) is 25.6 Å². The molecule has 0 radical (unpaired) electrons. The number of urea groups is 1. The van der Waals surface area contributed by atoms with Crippen molar-refractivity contribution >= 4 is 35.1 Å². The Hall–Kier alpha value is -4.77. The highest BCUT2D eigenvalue weighted by molar-refractivity contribution is 6.06. The summed E-state index contributed by atoms with van der Waals surface area (Å²) in [5.74, 6) is 0.786. The number of nitrogens with zero attached hydrogens (tertiary/aromatic N) is 2. The molecule has 0 aliphatic carbocycles. The molecule has 0 saturated carbocycles. The van der Waals surface area contributed by atoms with Crippen molar-refractivity contribution in [1.29, 1.82) is 0 Å². The predicted molar refractivity (Wildman–Crippen MR) is 173 cm³/mol. The van der Waals surface area contributed by atoms with Crippen LogP contribution in [0.25, 0.3) is 0 Å². The van der Waals surface area contributed by atoms with Gasteiger partial charge in [0.2, 0.25) is 0 Å². The second-order valence-corrected chi connectivity index (χ2v) is 11.4. The third kappa shape index (κ3) is 10.8. The molecule has 0 saturated heterocycles. The van der Waals surface area contributed by atoms with Crippen LogP contribution in [0.3, 0.4) is 0 Å². The lowest BCUT2D eigenvalue weighted by Gasteiger charge is -2.24. The van der Waals surface area contributed by atoms with Gasteiger partial charge < -0.3 is 34.6 Å². The van der Waals surface area contributed by atoms with Gasteiger partial charge in [-0.1, -0.05) is 24.3 Å². The molecule has 0 heterocycles. The number of benzene rings is 3. The molecule has 3 N–H and O–H groups in total. The number of anilines is 3. The van der Waals surface area contributed by atoms with Gasteiger partial charge in [0.1, 0.15) is 17.1 Å². The number of carbonyl (C=O) groups is 3. The van der Waals surface area contributed by atoms with Crippen LogP contribution >= 0.6 is 0 Å². The Morgan fingerprint density at radius 3 is 1.91 bits per heavy atom. The summed E-state index contributed by atoms with van der Waals surface area (Å²) in [6, 6.07) is 18.9. The maximum atomic E-state index is 13.4. The minimum absolute atomic E-state index is 0.269. The topological polar surface area (TPSA) is 121 Å². The van der Waals surface area contributed by atoms with E-state index in [2.05, 4.69) is 20.9 Å². The van der Waals surface area contributed by atoms with Crippen molar-refractivity contribution in [1.82, 2.24) is 9.80 Å². The van der Waals surface area contributed by atoms with Gasteiger partial charge in [-0.3, -0.25) is 10.1 Å². The number of carbonyl (C=O) groups excluding carboxylic acids is 3. The minimum atomic E-state index is -0.657. The van der Waals surface area contributed by atoms with Crippen LogP contribution in [-0.2, 0) is 11.3 Å². The largest absolute Gasteiger partial charge is 0.497 e. The lowest BCUT2D eigenvalue weighted by atomic mass is 10.1. The van der Waals surface area contributed by atoms with Crippen LogP contribution in [0.1, 0.15) is 43.1 Å². The normalized spacial score (nSPS) is 11.0. The Balaban J connectivity index is 1.71. The van der Waals surface area contributed by atoms with Gasteiger partial charge in [-0.15, -0.1) is 0 Å². The van der Waals surface area contributed by atoms with E-state index in [4.69, 9.17) is 14.2 Å². The standard InChI is InChI=1S/C33H43N5O6/c1-33(2,3)44-32(41)36-29-12-9-8-11-28(29)35-30(39)24-15-13-23(14-16-24)22-38(18-10-17-37(4)5)31(40)34-25-19-26(42-6)21-27(20-25)43-7/h8-9,11-16,19-21H,10,17-18,22H2,1-7H3,(H,34,40)(H,35,39)(H,36,41). The Kier molecular flexibility index (Phi) is 12.0. The first-order valence-corrected chi connectivity index (χ1v) is 14.3. The third-order valence-electron chi connectivity index (χ3n) is 6.32. The molecule has 0 spiro atoms. The molecule has 11 nitrogen and oxygen atoms in total. The molecule has 236 valence electrons. The molecule has 44 heavy (non-hydrogen) atoms. The molecular weight excluding hydrogens is 562 g/mol. The summed E-state index contributed by atoms with van der Waals surface area (Å²) >= 11 is 0. The molecule has 0 fully saturated rings. The van der Waals surface area contributed by atoms with Crippen molar-refractivity contribution in [2.24, 2.45) is 0 Å². The van der Waals surface area contributed by atoms with Gasteiger partial charge in [-0.2, -0.15) is 0 Å². The quantitative estimate of drug-likeness (QED) is 0.222. The fourth-order valence-electron chi connectivity index (χ4n) is 4.20. The smallest absolute Gasteiger partial charge is 0.412 e. The van der Waals surface area contributed by atoms with Crippen molar-refractivity contribution < 1.29 is 28.6 Å². The zero-order valence-corrected chi connectivity index (χ0v) is 26.5. The van der Waals surface area contributed by atoms with Crippen LogP contribution in [0.4, 0.5) is 26.7 Å². The molecule has 0 bridgehead atoms. The maximum Gasteiger partial charge on any atom is 0.412 e. The summed E-state index contributed by atoms with van der Waals surface area (Å²) in [6.45, 7) is 7.01. The van der Waals surface area contributed by atoms with Crippen molar-refractivity contribution in [2.75, 3.05) is 57.4 Å². The highest BCUT2D eigenvalue weighted by Gasteiger charge is 2.19. The monoisotopic (exact) mass is 605 g/mol. The molecule has 0 aromatic heterocycles. The van der Waals surface area contributed by atoms with E-state index in [1.807, 2.05) is 26.2 Å². The Morgan fingerprint density at radius 1 is 0.773 bits per heavy atom. The molecular formula is C33H43N5O6. The number of para-hydroxylation sites is 2. The summed E-state index contributed by atoms with van der Waals surface area (Å²) < 4.78 is 16.0. The lowest BCUT2D eigenvalue weighted by Crippen LogP contribution is -2.36. The number of rotatable bonds is 12. The van der Waals surface area contributed by atoms with E-state index in [9.17, 15) is 14.4 Å². The molecule has 3 rings (SSSR count). The van der Waals surface area contributed by atoms with Gasteiger partial charge in [0.15, 0.2) is 0 Å². The second-order valence-electron chi connectivity index (χ2n) is 11.4. The highest BCUT2D eigenvalue weighted by Crippen LogP contribution is 2.26. The molecule has 0 aliphatic heterocycles.